The Morgan fingerprint density at radius 3 is 2.38 bits per heavy atom. The van der Waals surface area contributed by atoms with Gasteiger partial charge in [0.05, 0.1) is 6.07 Å². The van der Waals surface area contributed by atoms with E-state index in [9.17, 15) is 4.79 Å². The summed E-state index contributed by atoms with van der Waals surface area (Å²) in [6.45, 7) is 11.1. The fourth-order valence-electron chi connectivity index (χ4n) is 1.96. The van der Waals surface area contributed by atoms with E-state index in [0.717, 1.165) is 6.42 Å². The van der Waals surface area contributed by atoms with Gasteiger partial charge in [0.1, 0.15) is 5.92 Å². The molecule has 0 radical (unpaired) electrons. The number of nitriles is 1. The zero-order valence-electron chi connectivity index (χ0n) is 11.1. The zero-order chi connectivity index (χ0) is 12.8. The van der Waals surface area contributed by atoms with Crippen molar-refractivity contribution in [3.63, 3.8) is 0 Å². The van der Waals surface area contributed by atoms with E-state index in [1.165, 1.54) is 0 Å². The van der Waals surface area contributed by atoms with Gasteiger partial charge in [-0.15, -0.1) is 0 Å². The Labute approximate surface area is 99.2 Å². The largest absolute Gasteiger partial charge is 0.354 e. The van der Waals surface area contributed by atoms with E-state index in [-0.39, 0.29) is 11.3 Å². The zero-order valence-corrected chi connectivity index (χ0v) is 11.1. The minimum absolute atomic E-state index is 0.0948. The third kappa shape index (κ3) is 5.75. The maximum absolute atomic E-state index is 11.6. The molecule has 0 bridgehead atoms. The number of carbonyl (C=O) groups excluding carboxylic acids is 1. The Balaban J connectivity index is 4.14. The molecule has 0 heterocycles. The molecule has 3 nitrogen and oxygen atoms in total. The molecule has 0 saturated heterocycles. The van der Waals surface area contributed by atoms with Gasteiger partial charge in [-0.25, -0.2) is 0 Å². The summed E-state index contributed by atoms with van der Waals surface area (Å²) in [6, 6.07) is 2.02. The van der Waals surface area contributed by atoms with E-state index in [1.54, 1.807) is 0 Å². The van der Waals surface area contributed by atoms with Gasteiger partial charge in [-0.3, -0.25) is 4.79 Å². The molecule has 1 amide bonds. The van der Waals surface area contributed by atoms with E-state index in [1.807, 2.05) is 13.0 Å². The molecule has 0 fully saturated rings. The predicted molar refractivity (Wildman–Crippen MR) is 65.6 cm³/mol. The summed E-state index contributed by atoms with van der Waals surface area (Å²) in [5, 5.41) is 11.6. The number of rotatable bonds is 6. The second-order valence-electron chi connectivity index (χ2n) is 5.57. The highest BCUT2D eigenvalue weighted by molar-refractivity contribution is 5.80. The van der Waals surface area contributed by atoms with Crippen LogP contribution < -0.4 is 5.32 Å². The number of hydrogen-bond donors (Lipinski definition) is 1. The predicted octanol–water partition coefficient (Wildman–Crippen LogP) is 2.72. The first-order valence-electron chi connectivity index (χ1n) is 5.99. The van der Waals surface area contributed by atoms with Crippen LogP contribution in [0.25, 0.3) is 0 Å². The summed E-state index contributed by atoms with van der Waals surface area (Å²) < 4.78 is 0. The van der Waals surface area contributed by atoms with Gasteiger partial charge in [0.25, 0.3) is 0 Å². The molecule has 0 aromatic carbocycles. The van der Waals surface area contributed by atoms with Gasteiger partial charge in [-0.1, -0.05) is 34.6 Å². The van der Waals surface area contributed by atoms with E-state index >= 15 is 0 Å². The topological polar surface area (TPSA) is 52.9 Å². The van der Waals surface area contributed by atoms with Gasteiger partial charge < -0.3 is 5.32 Å². The van der Waals surface area contributed by atoms with Crippen molar-refractivity contribution in [3.8, 4) is 6.07 Å². The molecule has 0 spiro atoms. The lowest BCUT2D eigenvalue weighted by Crippen LogP contribution is -2.37. The molecular formula is C13H24N2O. The molecule has 16 heavy (non-hydrogen) atoms. The van der Waals surface area contributed by atoms with Gasteiger partial charge in [0.15, 0.2) is 0 Å². The average molecular weight is 224 g/mol. The Morgan fingerprint density at radius 1 is 1.44 bits per heavy atom. The van der Waals surface area contributed by atoms with Crippen LogP contribution in [0.3, 0.4) is 0 Å². The van der Waals surface area contributed by atoms with Crippen LogP contribution in [0.5, 0.6) is 0 Å². The molecule has 0 rings (SSSR count). The number of nitrogens with zero attached hydrogens (tertiary/aromatic N) is 1. The second-order valence-corrected chi connectivity index (χ2v) is 5.57. The quantitative estimate of drug-likeness (QED) is 0.754. The van der Waals surface area contributed by atoms with Crippen LogP contribution in [0.1, 0.15) is 47.5 Å². The van der Waals surface area contributed by atoms with Crippen molar-refractivity contribution in [2.75, 3.05) is 6.54 Å². The van der Waals surface area contributed by atoms with Crippen molar-refractivity contribution in [2.24, 2.45) is 17.3 Å². The van der Waals surface area contributed by atoms with Crippen molar-refractivity contribution in [3.05, 3.63) is 0 Å². The SMILES string of the molecule is CCC(C#N)C(=O)NCC(C)(C)CC(C)C. The first-order chi connectivity index (χ1) is 7.32. The maximum Gasteiger partial charge on any atom is 0.237 e. The van der Waals surface area contributed by atoms with Gasteiger partial charge >= 0.3 is 0 Å². The Hall–Kier alpha value is -1.04. The lowest BCUT2D eigenvalue weighted by molar-refractivity contribution is -0.123. The first-order valence-corrected chi connectivity index (χ1v) is 5.99. The molecule has 1 unspecified atom stereocenters. The van der Waals surface area contributed by atoms with Crippen molar-refractivity contribution in [1.82, 2.24) is 5.32 Å². The van der Waals surface area contributed by atoms with Gasteiger partial charge in [-0.2, -0.15) is 5.26 Å². The van der Waals surface area contributed by atoms with E-state index < -0.39 is 5.92 Å². The highest BCUT2D eigenvalue weighted by Gasteiger charge is 2.22. The molecule has 1 N–H and O–H groups in total. The summed E-state index contributed by atoms with van der Waals surface area (Å²) in [4.78, 5) is 11.6. The minimum Gasteiger partial charge on any atom is -0.354 e. The standard InChI is InChI=1S/C13H24N2O/c1-6-11(8-14)12(16)15-9-13(4,5)7-10(2)3/h10-11H,6-7,9H2,1-5H3,(H,15,16). The maximum atomic E-state index is 11.6. The molecule has 0 aromatic heterocycles. The first kappa shape index (κ1) is 15.0. The van der Waals surface area contributed by atoms with Crippen molar-refractivity contribution in [1.29, 1.82) is 5.26 Å². The van der Waals surface area contributed by atoms with Gasteiger partial charge in [0, 0.05) is 6.54 Å². The lowest BCUT2D eigenvalue weighted by atomic mass is 9.84. The van der Waals surface area contributed by atoms with Crippen LogP contribution in [0.2, 0.25) is 0 Å². The molecule has 92 valence electrons. The smallest absolute Gasteiger partial charge is 0.237 e. The average Bonchev–Trinajstić information content (AvgIpc) is 2.15. The summed E-state index contributed by atoms with van der Waals surface area (Å²) in [7, 11) is 0. The van der Waals surface area contributed by atoms with Crippen LogP contribution in [-0.4, -0.2) is 12.5 Å². The number of nitrogens with one attached hydrogen (secondary N) is 1. The molecule has 0 aliphatic heterocycles. The molecule has 3 heteroatoms. The van der Waals surface area contributed by atoms with E-state index in [0.29, 0.717) is 18.9 Å². The molecule has 0 aliphatic rings. The number of amides is 1. The third-order valence-corrected chi connectivity index (χ3v) is 2.58. The summed E-state index contributed by atoms with van der Waals surface area (Å²) in [5.74, 6) is -0.0264. The lowest BCUT2D eigenvalue weighted by Gasteiger charge is -2.27. The van der Waals surface area contributed by atoms with Crippen LogP contribution in [0, 0.1) is 28.6 Å². The fourth-order valence-corrected chi connectivity index (χ4v) is 1.96. The van der Waals surface area contributed by atoms with Crippen LogP contribution in [0.15, 0.2) is 0 Å². The molecule has 0 aromatic rings. The summed E-state index contributed by atoms with van der Waals surface area (Å²) >= 11 is 0. The van der Waals surface area contributed by atoms with E-state index in [2.05, 4.69) is 33.0 Å². The van der Waals surface area contributed by atoms with Crippen molar-refractivity contribution >= 4 is 5.91 Å². The number of carbonyl (C=O) groups is 1. The normalized spacial score (nSPS) is 13.3. The summed E-state index contributed by atoms with van der Waals surface area (Å²) in [6.07, 6.45) is 1.64. The molecule has 1 atom stereocenters. The number of hydrogen-bond acceptors (Lipinski definition) is 2. The highest BCUT2D eigenvalue weighted by atomic mass is 16.1. The second kappa shape index (κ2) is 6.52. The fraction of sp³-hybridized carbons (Fsp3) is 0.846. The Bertz CT molecular complexity index is 264. The highest BCUT2D eigenvalue weighted by Crippen LogP contribution is 2.24. The summed E-state index contributed by atoms with van der Waals surface area (Å²) in [5.41, 5.74) is 0.0948. The third-order valence-electron chi connectivity index (χ3n) is 2.58. The van der Waals surface area contributed by atoms with Crippen LogP contribution in [0.4, 0.5) is 0 Å². The van der Waals surface area contributed by atoms with E-state index in [4.69, 9.17) is 5.26 Å². The van der Waals surface area contributed by atoms with Gasteiger partial charge in [0.2, 0.25) is 5.91 Å². The van der Waals surface area contributed by atoms with Crippen molar-refractivity contribution < 1.29 is 4.79 Å². The molecular weight excluding hydrogens is 200 g/mol. The van der Waals surface area contributed by atoms with Crippen molar-refractivity contribution in [2.45, 2.75) is 47.5 Å². The van der Waals surface area contributed by atoms with Crippen LogP contribution in [-0.2, 0) is 4.79 Å². The minimum atomic E-state index is -0.505. The molecule has 0 saturated carbocycles. The molecule has 0 aliphatic carbocycles. The van der Waals surface area contributed by atoms with Gasteiger partial charge in [-0.05, 0) is 24.2 Å². The van der Waals surface area contributed by atoms with Crippen LogP contribution >= 0.6 is 0 Å². The Morgan fingerprint density at radius 2 is 2.00 bits per heavy atom. The monoisotopic (exact) mass is 224 g/mol. The Kier molecular flexibility index (Phi) is 6.10.